The molecule has 0 spiro atoms. The number of nitrogens with one attached hydrogen (secondary N) is 2. The maximum atomic E-state index is 11.9. The molecule has 0 aromatic rings. The van der Waals surface area contributed by atoms with Crippen LogP contribution in [0.1, 0.15) is 39.0 Å². The third-order valence-electron chi connectivity index (χ3n) is 3.89. The average molecular weight is 210 g/mol. The molecule has 2 N–H and O–H groups in total. The summed E-state index contributed by atoms with van der Waals surface area (Å²) in [6.45, 7) is 4.09. The fourth-order valence-electron chi connectivity index (χ4n) is 2.48. The summed E-state index contributed by atoms with van der Waals surface area (Å²) in [4.78, 5) is 11.9. The Bertz CT molecular complexity index is 226. The van der Waals surface area contributed by atoms with Gasteiger partial charge in [0.2, 0.25) is 5.91 Å². The van der Waals surface area contributed by atoms with E-state index in [1.165, 1.54) is 19.3 Å². The summed E-state index contributed by atoms with van der Waals surface area (Å²) in [5.41, 5.74) is 0. The van der Waals surface area contributed by atoms with Gasteiger partial charge < -0.3 is 10.6 Å². The van der Waals surface area contributed by atoms with Crippen LogP contribution in [0, 0.1) is 11.8 Å². The quantitative estimate of drug-likeness (QED) is 0.737. The summed E-state index contributed by atoms with van der Waals surface area (Å²) in [6.07, 6.45) is 6.13. The number of amides is 1. The summed E-state index contributed by atoms with van der Waals surface area (Å²) < 4.78 is 0. The molecule has 0 bridgehead atoms. The second kappa shape index (κ2) is 4.97. The Morgan fingerprint density at radius 3 is 2.73 bits per heavy atom. The Morgan fingerprint density at radius 1 is 1.33 bits per heavy atom. The Hall–Kier alpha value is -0.570. The molecule has 2 aliphatic rings. The van der Waals surface area contributed by atoms with Crippen molar-refractivity contribution in [1.29, 1.82) is 0 Å². The first kappa shape index (κ1) is 10.9. The lowest BCUT2D eigenvalue weighted by Crippen LogP contribution is -2.47. The molecular weight excluding hydrogens is 188 g/mol. The maximum Gasteiger partial charge on any atom is 0.224 e. The highest BCUT2D eigenvalue weighted by atomic mass is 16.1. The topological polar surface area (TPSA) is 41.1 Å². The maximum absolute atomic E-state index is 11.9. The van der Waals surface area contributed by atoms with Crippen LogP contribution in [0.2, 0.25) is 0 Å². The van der Waals surface area contributed by atoms with E-state index >= 15 is 0 Å². The molecule has 0 aromatic carbocycles. The van der Waals surface area contributed by atoms with E-state index in [9.17, 15) is 4.79 Å². The smallest absolute Gasteiger partial charge is 0.224 e. The molecule has 2 atom stereocenters. The monoisotopic (exact) mass is 210 g/mol. The number of hydrogen-bond acceptors (Lipinski definition) is 2. The number of carbonyl (C=O) groups excluding carboxylic acids is 1. The van der Waals surface area contributed by atoms with Crippen LogP contribution in [0.4, 0.5) is 0 Å². The van der Waals surface area contributed by atoms with E-state index in [1.54, 1.807) is 0 Å². The first-order chi connectivity index (χ1) is 7.27. The van der Waals surface area contributed by atoms with Crippen LogP contribution in [0.5, 0.6) is 0 Å². The molecule has 3 nitrogen and oxygen atoms in total. The van der Waals surface area contributed by atoms with Gasteiger partial charge in [-0.15, -0.1) is 0 Å². The molecule has 1 amide bonds. The van der Waals surface area contributed by atoms with E-state index in [0.717, 1.165) is 31.8 Å². The van der Waals surface area contributed by atoms with Crippen molar-refractivity contribution in [3.05, 3.63) is 0 Å². The van der Waals surface area contributed by atoms with Crippen molar-refractivity contribution < 1.29 is 4.79 Å². The Kier molecular flexibility index (Phi) is 3.62. The third kappa shape index (κ3) is 2.71. The van der Waals surface area contributed by atoms with E-state index < -0.39 is 0 Å². The van der Waals surface area contributed by atoms with E-state index in [0.29, 0.717) is 6.04 Å². The van der Waals surface area contributed by atoms with Crippen molar-refractivity contribution >= 4 is 5.91 Å². The van der Waals surface area contributed by atoms with Gasteiger partial charge in [0.15, 0.2) is 0 Å². The normalized spacial score (nSPS) is 32.1. The Balaban J connectivity index is 1.73. The molecule has 1 aliphatic carbocycles. The molecule has 0 unspecified atom stereocenters. The minimum absolute atomic E-state index is 0.193. The van der Waals surface area contributed by atoms with Crippen molar-refractivity contribution in [3.8, 4) is 0 Å². The minimum Gasteiger partial charge on any atom is -0.356 e. The van der Waals surface area contributed by atoms with Crippen LogP contribution in [-0.4, -0.2) is 25.0 Å². The Labute approximate surface area is 92.0 Å². The second-order valence-electron chi connectivity index (χ2n) is 5.03. The lowest BCUT2D eigenvalue weighted by atomic mass is 9.85. The van der Waals surface area contributed by atoms with Gasteiger partial charge in [-0.25, -0.2) is 0 Å². The van der Waals surface area contributed by atoms with Crippen LogP contribution in [-0.2, 0) is 4.79 Å². The van der Waals surface area contributed by atoms with E-state index in [1.807, 2.05) is 0 Å². The first-order valence-corrected chi connectivity index (χ1v) is 6.28. The fraction of sp³-hybridized carbons (Fsp3) is 0.917. The zero-order valence-corrected chi connectivity index (χ0v) is 9.59. The molecule has 1 saturated heterocycles. The predicted molar refractivity (Wildman–Crippen MR) is 60.5 cm³/mol. The van der Waals surface area contributed by atoms with Crippen molar-refractivity contribution in [1.82, 2.24) is 10.6 Å². The standard InChI is InChI=1S/C12H22N2O/c1-9-11(6-3-7-13-9)12(15)14-8-10-4-2-5-10/h9-11,13H,2-8H2,1H3,(H,14,15)/t9-,11-/m1/s1. The van der Waals surface area contributed by atoms with Crippen LogP contribution in [0.25, 0.3) is 0 Å². The van der Waals surface area contributed by atoms with Crippen LogP contribution in [0.3, 0.4) is 0 Å². The highest BCUT2D eigenvalue weighted by molar-refractivity contribution is 5.79. The fourth-order valence-corrected chi connectivity index (χ4v) is 2.48. The van der Waals surface area contributed by atoms with Gasteiger partial charge in [-0.3, -0.25) is 4.79 Å². The highest BCUT2D eigenvalue weighted by Gasteiger charge is 2.28. The van der Waals surface area contributed by atoms with Gasteiger partial charge in [0.25, 0.3) is 0 Å². The average Bonchev–Trinajstić information content (AvgIpc) is 2.16. The SMILES string of the molecule is C[C@H]1NCCC[C@H]1C(=O)NCC1CCC1. The molecule has 1 aliphatic heterocycles. The van der Waals surface area contributed by atoms with Crippen LogP contribution < -0.4 is 10.6 Å². The Morgan fingerprint density at radius 2 is 2.13 bits per heavy atom. The minimum atomic E-state index is 0.193. The lowest BCUT2D eigenvalue weighted by molar-refractivity contribution is -0.126. The molecule has 2 fully saturated rings. The van der Waals surface area contributed by atoms with E-state index in [4.69, 9.17) is 0 Å². The number of rotatable bonds is 3. The van der Waals surface area contributed by atoms with Gasteiger partial charge in [0, 0.05) is 12.6 Å². The molecule has 3 heteroatoms. The molecule has 1 heterocycles. The molecule has 1 saturated carbocycles. The van der Waals surface area contributed by atoms with Crippen LogP contribution in [0.15, 0.2) is 0 Å². The van der Waals surface area contributed by atoms with Gasteiger partial charge >= 0.3 is 0 Å². The van der Waals surface area contributed by atoms with Gasteiger partial charge in [-0.05, 0) is 45.1 Å². The number of piperidine rings is 1. The molecule has 2 rings (SSSR count). The summed E-state index contributed by atoms with van der Waals surface area (Å²) in [5.74, 6) is 1.22. The van der Waals surface area contributed by atoms with Crippen molar-refractivity contribution in [3.63, 3.8) is 0 Å². The zero-order valence-electron chi connectivity index (χ0n) is 9.59. The third-order valence-corrected chi connectivity index (χ3v) is 3.89. The van der Waals surface area contributed by atoms with Gasteiger partial charge in [0.05, 0.1) is 5.92 Å². The highest BCUT2D eigenvalue weighted by Crippen LogP contribution is 2.25. The van der Waals surface area contributed by atoms with Crippen molar-refractivity contribution in [2.24, 2.45) is 11.8 Å². The van der Waals surface area contributed by atoms with E-state index in [2.05, 4.69) is 17.6 Å². The molecule has 0 radical (unpaired) electrons. The van der Waals surface area contributed by atoms with Crippen molar-refractivity contribution in [2.45, 2.75) is 45.1 Å². The van der Waals surface area contributed by atoms with E-state index in [-0.39, 0.29) is 11.8 Å². The van der Waals surface area contributed by atoms with Gasteiger partial charge in [0.1, 0.15) is 0 Å². The predicted octanol–water partition coefficient (Wildman–Crippen LogP) is 1.29. The number of hydrogen-bond donors (Lipinski definition) is 2. The van der Waals surface area contributed by atoms with Crippen molar-refractivity contribution in [2.75, 3.05) is 13.1 Å². The second-order valence-corrected chi connectivity index (χ2v) is 5.03. The summed E-state index contributed by atoms with van der Waals surface area (Å²) in [7, 11) is 0. The van der Waals surface area contributed by atoms with Crippen LogP contribution >= 0.6 is 0 Å². The summed E-state index contributed by atoms with van der Waals surface area (Å²) >= 11 is 0. The van der Waals surface area contributed by atoms with Gasteiger partial charge in [-0.2, -0.15) is 0 Å². The molecule has 86 valence electrons. The zero-order chi connectivity index (χ0) is 10.7. The summed E-state index contributed by atoms with van der Waals surface area (Å²) in [6, 6.07) is 0.347. The molecule has 15 heavy (non-hydrogen) atoms. The lowest BCUT2D eigenvalue weighted by Gasteiger charge is -2.31. The molecular formula is C12H22N2O. The molecule has 0 aromatic heterocycles. The summed E-state index contributed by atoms with van der Waals surface area (Å²) in [5, 5.41) is 6.47. The largest absolute Gasteiger partial charge is 0.356 e. The number of carbonyl (C=O) groups is 1. The van der Waals surface area contributed by atoms with Gasteiger partial charge in [-0.1, -0.05) is 6.42 Å². The first-order valence-electron chi connectivity index (χ1n) is 6.28.